The number of hydrogen-bond donors (Lipinski definition) is 1. The predicted octanol–water partition coefficient (Wildman–Crippen LogP) is 3.47. The summed E-state index contributed by atoms with van der Waals surface area (Å²) in [5.74, 6) is 0.941. The largest absolute Gasteiger partial charge is 0.467 e. The Hall–Kier alpha value is -2.33. The lowest BCUT2D eigenvalue weighted by Crippen LogP contribution is -2.05. The Morgan fingerprint density at radius 3 is 2.62 bits per heavy atom. The van der Waals surface area contributed by atoms with Crippen LogP contribution in [-0.2, 0) is 6.54 Å². The number of benzene rings is 1. The molecule has 21 heavy (non-hydrogen) atoms. The van der Waals surface area contributed by atoms with Gasteiger partial charge < -0.3 is 9.73 Å². The molecule has 3 rings (SSSR count). The number of aryl methyl sites for hydroxylation is 1. The zero-order valence-electron chi connectivity index (χ0n) is 12.6. The fraction of sp³-hybridized carbons (Fsp3) is 0.235. The van der Waals surface area contributed by atoms with Crippen LogP contribution in [0, 0.1) is 13.8 Å². The molecule has 0 aliphatic carbocycles. The molecule has 2 aromatic heterocycles. The van der Waals surface area contributed by atoms with Gasteiger partial charge in [0.2, 0.25) is 0 Å². The topological polar surface area (TPSA) is 43.0 Å². The minimum atomic E-state index is 0.706. The van der Waals surface area contributed by atoms with Gasteiger partial charge >= 0.3 is 0 Å². The van der Waals surface area contributed by atoms with Crippen molar-refractivity contribution in [1.82, 2.24) is 15.1 Å². The lowest BCUT2D eigenvalue weighted by Gasteiger charge is -2.05. The monoisotopic (exact) mass is 281 g/mol. The first-order chi connectivity index (χ1) is 10.2. The molecule has 0 spiro atoms. The zero-order valence-corrected chi connectivity index (χ0v) is 12.6. The molecule has 0 radical (unpaired) electrons. The number of aromatic nitrogens is 2. The highest BCUT2D eigenvalue weighted by Crippen LogP contribution is 2.32. The zero-order chi connectivity index (χ0) is 14.8. The van der Waals surface area contributed by atoms with Crippen LogP contribution in [0.2, 0.25) is 0 Å². The Labute approximate surface area is 124 Å². The second-order valence-corrected chi connectivity index (χ2v) is 5.08. The summed E-state index contributed by atoms with van der Waals surface area (Å²) in [5.41, 5.74) is 5.47. The quantitative estimate of drug-likeness (QED) is 0.796. The lowest BCUT2D eigenvalue weighted by molar-refractivity contribution is 0.496. The van der Waals surface area contributed by atoms with Gasteiger partial charge in [-0.05, 0) is 39.1 Å². The molecule has 3 aromatic rings. The summed E-state index contributed by atoms with van der Waals surface area (Å²) in [6.45, 7) is 4.84. The van der Waals surface area contributed by atoms with E-state index in [9.17, 15) is 0 Å². The van der Waals surface area contributed by atoms with Gasteiger partial charge in [0.1, 0.15) is 5.76 Å². The van der Waals surface area contributed by atoms with Crippen LogP contribution in [0.25, 0.3) is 16.8 Å². The minimum absolute atomic E-state index is 0.706. The molecule has 0 saturated carbocycles. The first kappa shape index (κ1) is 13.6. The molecule has 0 bridgehead atoms. The molecule has 0 atom stereocenters. The Kier molecular flexibility index (Phi) is 3.62. The minimum Gasteiger partial charge on any atom is -0.467 e. The van der Waals surface area contributed by atoms with Gasteiger partial charge in [-0.15, -0.1) is 0 Å². The molecule has 0 saturated heterocycles. The molecule has 0 fully saturated rings. The van der Waals surface area contributed by atoms with E-state index in [4.69, 9.17) is 9.52 Å². The average Bonchev–Trinajstić information content (AvgIpc) is 3.05. The predicted molar refractivity (Wildman–Crippen MR) is 83.5 cm³/mol. The lowest BCUT2D eigenvalue weighted by atomic mass is 10.0. The first-order valence-corrected chi connectivity index (χ1v) is 7.05. The summed E-state index contributed by atoms with van der Waals surface area (Å²) >= 11 is 0. The maximum Gasteiger partial charge on any atom is 0.125 e. The van der Waals surface area contributed by atoms with Crippen molar-refractivity contribution in [3.8, 4) is 16.8 Å². The third-order valence-corrected chi connectivity index (χ3v) is 3.64. The van der Waals surface area contributed by atoms with Crippen molar-refractivity contribution in [3.05, 3.63) is 59.8 Å². The molecular weight excluding hydrogens is 262 g/mol. The van der Waals surface area contributed by atoms with Gasteiger partial charge in [0.25, 0.3) is 0 Å². The molecule has 2 heterocycles. The highest BCUT2D eigenvalue weighted by Gasteiger charge is 2.18. The van der Waals surface area contributed by atoms with Crippen molar-refractivity contribution in [2.24, 2.45) is 0 Å². The fourth-order valence-corrected chi connectivity index (χ4v) is 2.71. The maximum atomic E-state index is 5.58. The van der Waals surface area contributed by atoms with E-state index < -0.39 is 0 Å². The third kappa shape index (κ3) is 2.38. The first-order valence-electron chi connectivity index (χ1n) is 7.05. The number of hydrogen-bond acceptors (Lipinski definition) is 3. The van der Waals surface area contributed by atoms with Gasteiger partial charge in [0.05, 0.1) is 24.2 Å². The maximum absolute atomic E-state index is 5.58. The Balaban J connectivity index is 2.12. The van der Waals surface area contributed by atoms with E-state index in [1.807, 2.05) is 42.9 Å². The van der Waals surface area contributed by atoms with Crippen LogP contribution in [0.1, 0.15) is 17.1 Å². The van der Waals surface area contributed by atoms with Gasteiger partial charge in [0, 0.05) is 16.8 Å². The summed E-state index contributed by atoms with van der Waals surface area (Å²) in [6, 6.07) is 12.2. The van der Waals surface area contributed by atoms with Crippen LogP contribution in [0.4, 0.5) is 0 Å². The third-order valence-electron chi connectivity index (χ3n) is 3.64. The molecular formula is C17H19N3O. The van der Waals surface area contributed by atoms with Crippen LogP contribution in [0.5, 0.6) is 0 Å². The second-order valence-electron chi connectivity index (χ2n) is 5.08. The molecule has 108 valence electrons. The van der Waals surface area contributed by atoms with Crippen LogP contribution in [-0.4, -0.2) is 16.8 Å². The second kappa shape index (κ2) is 5.58. The highest BCUT2D eigenvalue weighted by atomic mass is 16.3. The van der Waals surface area contributed by atoms with Crippen molar-refractivity contribution in [2.75, 3.05) is 7.05 Å². The molecule has 4 heteroatoms. The van der Waals surface area contributed by atoms with Gasteiger partial charge in [-0.3, -0.25) is 0 Å². The summed E-state index contributed by atoms with van der Waals surface area (Å²) in [4.78, 5) is 0. The number of furan rings is 1. The standard InChI is InChI=1S/C17H19N3O/c1-12-17(15-9-10-21-16(15)11-18-3)13(2)20(19-12)14-7-5-4-6-8-14/h4-10,18H,11H2,1-3H3. The van der Waals surface area contributed by atoms with Crippen molar-refractivity contribution in [1.29, 1.82) is 0 Å². The smallest absolute Gasteiger partial charge is 0.125 e. The summed E-state index contributed by atoms with van der Waals surface area (Å²) in [7, 11) is 1.92. The van der Waals surface area contributed by atoms with Crippen molar-refractivity contribution in [2.45, 2.75) is 20.4 Å². The number of nitrogens with one attached hydrogen (secondary N) is 1. The normalized spacial score (nSPS) is 11.0. The van der Waals surface area contributed by atoms with Gasteiger partial charge in [-0.2, -0.15) is 5.10 Å². The van der Waals surface area contributed by atoms with Gasteiger partial charge in [-0.25, -0.2) is 4.68 Å². The molecule has 1 N–H and O–H groups in total. The summed E-state index contributed by atoms with van der Waals surface area (Å²) in [6.07, 6.45) is 1.74. The summed E-state index contributed by atoms with van der Waals surface area (Å²) in [5, 5.41) is 7.83. The van der Waals surface area contributed by atoms with E-state index in [-0.39, 0.29) is 0 Å². The van der Waals surface area contributed by atoms with E-state index in [2.05, 4.69) is 24.4 Å². The molecule has 0 unspecified atom stereocenters. The molecule has 0 aliphatic rings. The Bertz CT molecular complexity index is 741. The van der Waals surface area contributed by atoms with Crippen LogP contribution in [0.15, 0.2) is 47.1 Å². The average molecular weight is 281 g/mol. The van der Waals surface area contributed by atoms with Crippen LogP contribution >= 0.6 is 0 Å². The Morgan fingerprint density at radius 2 is 1.90 bits per heavy atom. The Morgan fingerprint density at radius 1 is 1.14 bits per heavy atom. The SMILES string of the molecule is CNCc1occc1-c1c(C)nn(-c2ccccc2)c1C. The van der Waals surface area contributed by atoms with E-state index >= 15 is 0 Å². The molecule has 4 nitrogen and oxygen atoms in total. The molecule has 0 amide bonds. The fourth-order valence-electron chi connectivity index (χ4n) is 2.71. The van der Waals surface area contributed by atoms with Crippen molar-refractivity contribution >= 4 is 0 Å². The van der Waals surface area contributed by atoms with E-state index in [0.717, 1.165) is 34.0 Å². The number of rotatable bonds is 4. The highest BCUT2D eigenvalue weighted by molar-refractivity contribution is 5.71. The summed E-state index contributed by atoms with van der Waals surface area (Å²) < 4.78 is 7.57. The molecule has 0 aliphatic heterocycles. The van der Waals surface area contributed by atoms with Crippen molar-refractivity contribution < 1.29 is 4.42 Å². The van der Waals surface area contributed by atoms with Crippen LogP contribution < -0.4 is 5.32 Å². The number of para-hydroxylation sites is 1. The van der Waals surface area contributed by atoms with E-state index in [0.29, 0.717) is 6.54 Å². The van der Waals surface area contributed by atoms with E-state index in [1.165, 1.54) is 0 Å². The van der Waals surface area contributed by atoms with Crippen LogP contribution in [0.3, 0.4) is 0 Å². The van der Waals surface area contributed by atoms with Gasteiger partial charge in [-0.1, -0.05) is 18.2 Å². The van der Waals surface area contributed by atoms with Crippen molar-refractivity contribution in [3.63, 3.8) is 0 Å². The molecule has 1 aromatic carbocycles. The number of nitrogens with zero attached hydrogens (tertiary/aromatic N) is 2. The van der Waals surface area contributed by atoms with E-state index in [1.54, 1.807) is 6.26 Å². The van der Waals surface area contributed by atoms with Gasteiger partial charge in [0.15, 0.2) is 0 Å².